The highest BCUT2D eigenvalue weighted by molar-refractivity contribution is 7.87. The van der Waals surface area contributed by atoms with Crippen LogP contribution >= 0.6 is 12.4 Å². The minimum Gasteiger partial charge on any atom is -0.444 e. The molecule has 0 aliphatic carbocycles. The predicted octanol–water partition coefficient (Wildman–Crippen LogP) is 16.5. The van der Waals surface area contributed by atoms with Gasteiger partial charge in [-0.1, -0.05) is 36.4 Å². The molecule has 0 radical (unpaired) electrons. The molecule has 566 valence electrons. The minimum atomic E-state index is -5.67. The van der Waals surface area contributed by atoms with E-state index in [1.807, 2.05) is 0 Å². The molecule has 0 saturated carbocycles. The van der Waals surface area contributed by atoms with Gasteiger partial charge in [-0.25, -0.2) is 31.9 Å². The van der Waals surface area contributed by atoms with Gasteiger partial charge < -0.3 is 48.5 Å². The van der Waals surface area contributed by atoms with E-state index in [2.05, 4.69) is 9.50 Å². The van der Waals surface area contributed by atoms with Crippen molar-refractivity contribution < 1.29 is 135 Å². The molecule has 0 aromatic heterocycles. The zero-order valence-corrected chi connectivity index (χ0v) is 57.3. The highest BCUT2D eigenvalue weighted by Gasteiger charge is 2.49. The summed E-state index contributed by atoms with van der Waals surface area (Å²) in [5.41, 5.74) is -13.4. The van der Waals surface area contributed by atoms with Crippen molar-refractivity contribution in [1.29, 1.82) is 0 Å². The van der Waals surface area contributed by atoms with Gasteiger partial charge >= 0.3 is 65.7 Å². The zero-order valence-electron chi connectivity index (χ0n) is 55.6. The normalized spacial score (nSPS) is 16.1. The molecule has 37 heteroatoms. The van der Waals surface area contributed by atoms with Crippen molar-refractivity contribution in [3.8, 4) is 0 Å². The summed E-state index contributed by atoms with van der Waals surface area (Å²) in [6.07, 6.45) is -16.0. The summed E-state index contributed by atoms with van der Waals surface area (Å²) in [5.74, 6) is -5.05. The molecule has 4 aromatic carbocycles. The first-order valence-corrected chi connectivity index (χ1v) is 31.9. The van der Waals surface area contributed by atoms with Gasteiger partial charge in [0.2, 0.25) is 0 Å². The van der Waals surface area contributed by atoms with Gasteiger partial charge in [-0.3, -0.25) is 0 Å². The first-order chi connectivity index (χ1) is 45.6. The molecule has 8 rings (SSSR count). The standard InChI is InChI=1S/C17H21F4NO2.C17H19F4NO2.C12H13F4N.C11H16F3NO5S.C7H5BF4O2.ClH/c2*1-16(2,3)24-15(23)22-9-7-11(8-10-22)14-12(17(19,20)21)5-4-6-13(14)18;13-10-3-1-2-9(12(14,15)16)11(10)8-4-6-17-7-5-8;1-10(2,3)19-9(16)15-6-4-8(5-7-15)20-21(17,18)11(12,13)14;9-5-3-1-2-4(7(10,11)12)6(5)8(13)14;/h4-6,11H,7-10H2,1-3H3;4-7H,8-10H2,1-3H3;1-3,8,17H,4-7H2;4H,5-7H2,1-3H3;1-3,13-14H;1H. The molecular formula is C64H75BClF19N4O11S. The molecule has 2 fully saturated rings. The topological polar surface area (TPSA) is 184 Å². The molecule has 0 spiro atoms. The second-order valence-corrected chi connectivity index (χ2v) is 27.2. The third kappa shape index (κ3) is 27.2. The molecule has 0 atom stereocenters. The number of likely N-dealkylation sites (tertiary alicyclic amines) is 1. The third-order valence-electron chi connectivity index (χ3n) is 14.5. The summed E-state index contributed by atoms with van der Waals surface area (Å²) in [6, 6.07) is 11.3. The van der Waals surface area contributed by atoms with Crippen LogP contribution in [-0.2, 0) is 53.2 Å². The number of halogens is 20. The average Bonchev–Trinajstić information content (AvgIpc) is 0.807. The third-order valence-corrected chi connectivity index (χ3v) is 15.5. The predicted molar refractivity (Wildman–Crippen MR) is 334 cm³/mol. The van der Waals surface area contributed by atoms with E-state index in [0.717, 1.165) is 72.8 Å². The summed E-state index contributed by atoms with van der Waals surface area (Å²) in [5, 5.41) is 20.2. The number of benzene rings is 4. The molecule has 4 heterocycles. The van der Waals surface area contributed by atoms with E-state index in [-0.39, 0.29) is 106 Å². The molecule has 101 heavy (non-hydrogen) atoms. The number of nitrogens with zero attached hydrogens (tertiary/aromatic N) is 3. The Morgan fingerprint density at radius 1 is 0.475 bits per heavy atom. The van der Waals surface area contributed by atoms with E-state index < -0.39 is 145 Å². The van der Waals surface area contributed by atoms with E-state index in [0.29, 0.717) is 32.0 Å². The second-order valence-electron chi connectivity index (χ2n) is 25.6. The lowest BCUT2D eigenvalue weighted by Gasteiger charge is -2.34. The Morgan fingerprint density at radius 3 is 1.18 bits per heavy atom. The molecule has 4 aliphatic heterocycles. The number of ether oxygens (including phenoxy) is 3. The maximum absolute atomic E-state index is 14.0. The lowest BCUT2D eigenvalue weighted by Crippen LogP contribution is -2.41. The van der Waals surface area contributed by atoms with Crippen LogP contribution in [0.1, 0.15) is 152 Å². The van der Waals surface area contributed by atoms with Gasteiger partial charge in [0.1, 0.15) is 45.8 Å². The Labute approximate surface area is 576 Å². The minimum absolute atomic E-state index is 0. The van der Waals surface area contributed by atoms with Gasteiger partial charge in [0, 0.05) is 67.8 Å². The molecule has 4 aliphatic rings. The Bertz CT molecular complexity index is 3610. The average molecular weight is 1520 g/mol. The number of hydrogen-bond donors (Lipinski definition) is 3. The number of hydrogen-bond acceptors (Lipinski definition) is 12. The van der Waals surface area contributed by atoms with Crippen LogP contribution in [0.2, 0.25) is 0 Å². The van der Waals surface area contributed by atoms with Gasteiger partial charge in [0.25, 0.3) is 0 Å². The van der Waals surface area contributed by atoms with Crippen molar-refractivity contribution >= 4 is 59.0 Å². The Kier molecular flexibility index (Phi) is 30.8. The highest BCUT2D eigenvalue weighted by Crippen LogP contribution is 2.43. The van der Waals surface area contributed by atoms with Crippen LogP contribution in [-0.4, -0.2) is 133 Å². The quantitative estimate of drug-likeness (QED) is 0.0546. The summed E-state index contributed by atoms with van der Waals surface area (Å²) in [7, 11) is -8.15. The smallest absolute Gasteiger partial charge is 0.444 e. The van der Waals surface area contributed by atoms with E-state index >= 15 is 0 Å². The molecule has 15 nitrogen and oxygen atoms in total. The second kappa shape index (κ2) is 35.3. The van der Waals surface area contributed by atoms with Crippen LogP contribution in [0.25, 0.3) is 5.57 Å². The Balaban J connectivity index is 0.000000331. The first-order valence-electron chi connectivity index (χ1n) is 30.5. The first kappa shape index (κ1) is 88.0. The molecule has 3 N–H and O–H groups in total. The van der Waals surface area contributed by atoms with Crippen molar-refractivity contribution in [1.82, 2.24) is 20.0 Å². The van der Waals surface area contributed by atoms with Crippen molar-refractivity contribution in [2.24, 2.45) is 0 Å². The maximum Gasteiger partial charge on any atom is 0.534 e. The SMILES string of the molecule is CC(C)(C)OC(=O)N1CC=C(OS(=O)(=O)C(F)(F)F)CC1.CC(C)(C)OC(=O)N1CC=C(c2c(F)cccc2C(F)(F)F)CC1.CC(C)(C)OC(=O)N1CCC(c2c(F)cccc2C(F)(F)F)CC1.Cl.Fc1cccc(C(F)(F)F)c1C1CCNCC1.OB(O)c1c(F)cccc1C(F)(F)F. The van der Waals surface area contributed by atoms with Gasteiger partial charge in [-0.05, 0) is 173 Å². The van der Waals surface area contributed by atoms with Crippen molar-refractivity contribution in [2.75, 3.05) is 52.4 Å². The number of piperidine rings is 2. The summed E-state index contributed by atoms with van der Waals surface area (Å²) in [6.45, 7) is 17.4. The fourth-order valence-corrected chi connectivity index (χ4v) is 10.6. The number of nitrogens with one attached hydrogen (secondary N) is 1. The summed E-state index contributed by atoms with van der Waals surface area (Å²) in [4.78, 5) is 39.7. The largest absolute Gasteiger partial charge is 0.534 e. The van der Waals surface area contributed by atoms with Crippen LogP contribution < -0.4 is 10.8 Å². The number of carbonyl (C=O) groups is 3. The summed E-state index contributed by atoms with van der Waals surface area (Å²) < 4.78 is 286. The van der Waals surface area contributed by atoms with Gasteiger partial charge in [-0.2, -0.15) is 74.3 Å². The van der Waals surface area contributed by atoms with Crippen molar-refractivity contribution in [3.05, 3.63) is 153 Å². The monoisotopic (exact) mass is 1510 g/mol. The van der Waals surface area contributed by atoms with Crippen LogP contribution in [0.15, 0.2) is 90.7 Å². The number of rotatable bonds is 6. The highest BCUT2D eigenvalue weighted by atomic mass is 35.5. The van der Waals surface area contributed by atoms with Crippen molar-refractivity contribution in [3.63, 3.8) is 0 Å². The number of amides is 3. The van der Waals surface area contributed by atoms with E-state index in [9.17, 15) is 106 Å². The Hall–Kier alpha value is -7.18. The molecule has 0 bridgehead atoms. The van der Waals surface area contributed by atoms with Crippen LogP contribution in [0, 0.1) is 23.3 Å². The molecule has 3 amide bonds. The number of carbonyl (C=O) groups excluding carboxylic acids is 3. The lowest BCUT2D eigenvalue weighted by atomic mass is 9.76. The fraction of sp³-hybridized carbons (Fsp3) is 0.516. The molecule has 4 aromatic rings. The Morgan fingerprint density at radius 2 is 0.832 bits per heavy atom. The van der Waals surface area contributed by atoms with E-state index in [1.165, 1.54) is 20.8 Å². The molecular weight excluding hydrogens is 1440 g/mol. The molecule has 0 unspecified atom stereocenters. The summed E-state index contributed by atoms with van der Waals surface area (Å²) >= 11 is 0. The van der Waals surface area contributed by atoms with Crippen molar-refractivity contribution in [2.45, 2.75) is 160 Å². The van der Waals surface area contributed by atoms with Crippen LogP contribution in [0.4, 0.5) is 97.8 Å². The van der Waals surface area contributed by atoms with Gasteiger partial charge in [0.15, 0.2) is 0 Å². The zero-order chi connectivity index (χ0) is 76.1. The fourth-order valence-electron chi connectivity index (χ4n) is 10.1. The lowest BCUT2D eigenvalue weighted by molar-refractivity contribution is -0.139. The van der Waals surface area contributed by atoms with Gasteiger partial charge in [0.05, 0.1) is 22.3 Å². The van der Waals surface area contributed by atoms with E-state index in [4.69, 9.17) is 24.3 Å². The molecule has 2 saturated heterocycles. The van der Waals surface area contributed by atoms with Crippen LogP contribution in [0.5, 0.6) is 0 Å². The number of alkyl halides is 15. The van der Waals surface area contributed by atoms with Crippen LogP contribution in [0.3, 0.4) is 0 Å². The van der Waals surface area contributed by atoms with E-state index in [1.54, 1.807) is 62.3 Å². The maximum atomic E-state index is 14.0. The van der Waals surface area contributed by atoms with Gasteiger partial charge in [-0.15, -0.1) is 12.4 Å².